The van der Waals surface area contributed by atoms with Gasteiger partial charge < -0.3 is 9.84 Å². The predicted molar refractivity (Wildman–Crippen MR) is 75.0 cm³/mol. The highest BCUT2D eigenvalue weighted by Gasteiger charge is 2.17. The second-order valence-electron chi connectivity index (χ2n) is 4.67. The quantitative estimate of drug-likeness (QED) is 0.689. The third-order valence-corrected chi connectivity index (χ3v) is 3.16. The molecular formula is C15H14FNO4. The number of aryl methyl sites for hydroxylation is 2. The summed E-state index contributed by atoms with van der Waals surface area (Å²) in [5, 5.41) is 19.8. The lowest BCUT2D eigenvalue weighted by atomic mass is 10.1. The SMILES string of the molecule is Cc1cc(Oc2cc(C)c([N+](=O)[O-])cc2F)ccc1CO. The molecule has 0 radical (unpaired) electrons. The van der Waals surface area contributed by atoms with Crippen molar-refractivity contribution in [2.75, 3.05) is 0 Å². The van der Waals surface area contributed by atoms with Gasteiger partial charge in [0.05, 0.1) is 17.6 Å². The summed E-state index contributed by atoms with van der Waals surface area (Å²) in [6.07, 6.45) is 0. The van der Waals surface area contributed by atoms with Crippen molar-refractivity contribution in [1.29, 1.82) is 0 Å². The number of rotatable bonds is 4. The molecule has 0 aliphatic carbocycles. The maximum absolute atomic E-state index is 13.9. The molecule has 0 saturated heterocycles. The van der Waals surface area contributed by atoms with Crippen molar-refractivity contribution in [2.24, 2.45) is 0 Å². The zero-order chi connectivity index (χ0) is 15.6. The molecular weight excluding hydrogens is 277 g/mol. The molecule has 0 heterocycles. The number of aliphatic hydroxyl groups is 1. The molecule has 0 aromatic heterocycles. The number of hydrogen-bond donors (Lipinski definition) is 1. The molecule has 0 saturated carbocycles. The topological polar surface area (TPSA) is 72.6 Å². The second kappa shape index (κ2) is 5.88. The summed E-state index contributed by atoms with van der Waals surface area (Å²) in [5.74, 6) is -0.470. The molecule has 110 valence electrons. The number of aliphatic hydroxyl groups excluding tert-OH is 1. The van der Waals surface area contributed by atoms with E-state index in [4.69, 9.17) is 9.84 Å². The van der Waals surface area contributed by atoms with Gasteiger partial charge in [0.15, 0.2) is 11.6 Å². The molecule has 2 aromatic rings. The van der Waals surface area contributed by atoms with Crippen LogP contribution in [-0.2, 0) is 6.61 Å². The van der Waals surface area contributed by atoms with Gasteiger partial charge in [-0.25, -0.2) is 4.39 Å². The number of benzene rings is 2. The summed E-state index contributed by atoms with van der Waals surface area (Å²) in [5.41, 5.74) is 1.60. The first-order valence-electron chi connectivity index (χ1n) is 6.25. The fourth-order valence-corrected chi connectivity index (χ4v) is 1.96. The molecule has 2 aromatic carbocycles. The highest BCUT2D eigenvalue weighted by atomic mass is 19.1. The third kappa shape index (κ3) is 3.17. The lowest BCUT2D eigenvalue weighted by Crippen LogP contribution is -1.96. The lowest BCUT2D eigenvalue weighted by Gasteiger charge is -2.10. The van der Waals surface area contributed by atoms with E-state index in [1.165, 1.54) is 13.0 Å². The average molecular weight is 291 g/mol. The number of ether oxygens (including phenoxy) is 1. The van der Waals surface area contributed by atoms with E-state index >= 15 is 0 Å². The van der Waals surface area contributed by atoms with Crippen LogP contribution in [0.15, 0.2) is 30.3 Å². The largest absolute Gasteiger partial charge is 0.454 e. The van der Waals surface area contributed by atoms with Crippen molar-refractivity contribution >= 4 is 5.69 Å². The summed E-state index contributed by atoms with van der Waals surface area (Å²) in [4.78, 5) is 10.1. The molecule has 5 nitrogen and oxygen atoms in total. The van der Waals surface area contributed by atoms with Gasteiger partial charge in [0.25, 0.3) is 5.69 Å². The van der Waals surface area contributed by atoms with E-state index in [1.807, 2.05) is 0 Å². The van der Waals surface area contributed by atoms with Crippen LogP contribution in [0.3, 0.4) is 0 Å². The highest BCUT2D eigenvalue weighted by Crippen LogP contribution is 2.31. The minimum Gasteiger partial charge on any atom is -0.454 e. The number of nitro groups is 1. The summed E-state index contributed by atoms with van der Waals surface area (Å²) in [6, 6.07) is 7.10. The van der Waals surface area contributed by atoms with E-state index in [9.17, 15) is 14.5 Å². The van der Waals surface area contributed by atoms with E-state index in [-0.39, 0.29) is 18.0 Å². The van der Waals surface area contributed by atoms with Crippen LogP contribution in [0.1, 0.15) is 16.7 Å². The van der Waals surface area contributed by atoms with Crippen LogP contribution in [-0.4, -0.2) is 10.0 Å². The lowest BCUT2D eigenvalue weighted by molar-refractivity contribution is -0.385. The van der Waals surface area contributed by atoms with E-state index in [0.717, 1.165) is 17.2 Å². The zero-order valence-corrected chi connectivity index (χ0v) is 11.6. The molecule has 0 spiro atoms. The van der Waals surface area contributed by atoms with E-state index in [0.29, 0.717) is 11.3 Å². The summed E-state index contributed by atoms with van der Waals surface area (Å²) >= 11 is 0. The first-order valence-corrected chi connectivity index (χ1v) is 6.25. The molecule has 6 heteroatoms. The van der Waals surface area contributed by atoms with Gasteiger partial charge in [-0.15, -0.1) is 0 Å². The van der Waals surface area contributed by atoms with Crippen LogP contribution in [0.2, 0.25) is 0 Å². The Morgan fingerprint density at radius 3 is 2.52 bits per heavy atom. The van der Waals surface area contributed by atoms with Gasteiger partial charge in [-0.1, -0.05) is 6.07 Å². The first-order chi connectivity index (χ1) is 9.92. The molecule has 0 amide bonds. The van der Waals surface area contributed by atoms with Crippen molar-refractivity contribution in [1.82, 2.24) is 0 Å². The highest BCUT2D eigenvalue weighted by molar-refractivity contribution is 5.47. The molecule has 0 unspecified atom stereocenters. The maximum Gasteiger partial charge on any atom is 0.275 e. The Bertz CT molecular complexity index is 700. The Hall–Kier alpha value is -2.47. The maximum atomic E-state index is 13.9. The van der Waals surface area contributed by atoms with Crippen LogP contribution < -0.4 is 4.74 Å². The normalized spacial score (nSPS) is 10.5. The van der Waals surface area contributed by atoms with Crippen LogP contribution in [0.4, 0.5) is 10.1 Å². The van der Waals surface area contributed by atoms with Crippen LogP contribution in [0.25, 0.3) is 0 Å². The van der Waals surface area contributed by atoms with Gasteiger partial charge in [-0.2, -0.15) is 0 Å². The molecule has 0 atom stereocenters. The molecule has 0 bridgehead atoms. The number of nitrogens with zero attached hydrogens (tertiary/aromatic N) is 1. The van der Waals surface area contributed by atoms with Crippen LogP contribution >= 0.6 is 0 Å². The fraction of sp³-hybridized carbons (Fsp3) is 0.200. The van der Waals surface area contributed by atoms with Gasteiger partial charge in [-0.05, 0) is 43.2 Å². The van der Waals surface area contributed by atoms with Gasteiger partial charge in [0, 0.05) is 5.56 Å². The summed E-state index contributed by atoms with van der Waals surface area (Å²) in [6.45, 7) is 3.23. The van der Waals surface area contributed by atoms with Crippen molar-refractivity contribution < 1.29 is 19.2 Å². The molecule has 0 fully saturated rings. The number of nitro benzene ring substituents is 1. The Morgan fingerprint density at radius 1 is 1.24 bits per heavy atom. The van der Waals surface area contributed by atoms with Crippen LogP contribution in [0, 0.1) is 29.8 Å². The monoisotopic (exact) mass is 291 g/mol. The van der Waals surface area contributed by atoms with E-state index in [1.54, 1.807) is 25.1 Å². The average Bonchev–Trinajstić information content (AvgIpc) is 2.42. The van der Waals surface area contributed by atoms with Crippen molar-refractivity contribution in [3.05, 3.63) is 63.0 Å². The standard InChI is InChI=1S/C15H14FNO4/c1-9-5-12(4-3-11(9)8-18)21-15-6-10(2)14(17(19)20)7-13(15)16/h3-7,18H,8H2,1-2H3. The fourth-order valence-electron chi connectivity index (χ4n) is 1.96. The van der Waals surface area contributed by atoms with E-state index in [2.05, 4.69) is 0 Å². The number of halogens is 1. The smallest absolute Gasteiger partial charge is 0.275 e. The van der Waals surface area contributed by atoms with Gasteiger partial charge in [0.2, 0.25) is 0 Å². The van der Waals surface area contributed by atoms with Crippen LogP contribution in [0.5, 0.6) is 11.5 Å². The van der Waals surface area contributed by atoms with Crippen molar-refractivity contribution in [2.45, 2.75) is 20.5 Å². The minimum absolute atomic E-state index is 0.0748. The summed E-state index contributed by atoms with van der Waals surface area (Å²) in [7, 11) is 0. The summed E-state index contributed by atoms with van der Waals surface area (Å²) < 4.78 is 19.3. The van der Waals surface area contributed by atoms with Crippen molar-refractivity contribution in [3.63, 3.8) is 0 Å². The molecule has 1 N–H and O–H groups in total. The van der Waals surface area contributed by atoms with Gasteiger partial charge in [0.1, 0.15) is 5.75 Å². The Morgan fingerprint density at radius 2 is 1.95 bits per heavy atom. The molecule has 0 aliphatic heterocycles. The van der Waals surface area contributed by atoms with Gasteiger partial charge in [-0.3, -0.25) is 10.1 Å². The third-order valence-electron chi connectivity index (χ3n) is 3.16. The molecule has 2 rings (SSSR count). The Balaban J connectivity index is 2.34. The Labute approximate surface area is 120 Å². The number of hydrogen-bond acceptors (Lipinski definition) is 4. The zero-order valence-electron chi connectivity index (χ0n) is 11.6. The van der Waals surface area contributed by atoms with E-state index < -0.39 is 10.7 Å². The first kappa shape index (κ1) is 14.9. The van der Waals surface area contributed by atoms with Crippen molar-refractivity contribution in [3.8, 4) is 11.5 Å². The molecule has 21 heavy (non-hydrogen) atoms. The molecule has 0 aliphatic rings. The predicted octanol–water partition coefficient (Wildman–Crippen LogP) is 3.64. The Kier molecular flexibility index (Phi) is 4.18. The second-order valence-corrected chi connectivity index (χ2v) is 4.67. The van der Waals surface area contributed by atoms with Gasteiger partial charge >= 0.3 is 0 Å². The minimum atomic E-state index is -0.795.